The molecule has 0 aliphatic heterocycles. The molecule has 1 N–H and O–H groups in total. The zero-order chi connectivity index (χ0) is 10.7. The third kappa shape index (κ3) is 2.90. The summed E-state index contributed by atoms with van der Waals surface area (Å²) in [7, 11) is 0. The summed E-state index contributed by atoms with van der Waals surface area (Å²) in [4.78, 5) is 12.0. The summed E-state index contributed by atoms with van der Waals surface area (Å²) in [5, 5.41) is 7.75. The van der Waals surface area contributed by atoms with Gasteiger partial charge in [-0.15, -0.1) is 5.10 Å². The Labute approximate surface area is 95.7 Å². The number of aromatic amines is 1. The van der Waals surface area contributed by atoms with E-state index in [1.54, 1.807) is 6.20 Å². The highest BCUT2D eigenvalue weighted by atomic mass is 35.5. The van der Waals surface area contributed by atoms with Gasteiger partial charge in [0.1, 0.15) is 5.82 Å². The Morgan fingerprint density at radius 1 is 1.47 bits per heavy atom. The second-order valence-corrected chi connectivity index (χ2v) is 4.09. The van der Waals surface area contributed by atoms with E-state index in [9.17, 15) is 0 Å². The first-order valence-electron chi connectivity index (χ1n) is 4.23. The largest absolute Gasteiger partial charge is 0.262 e. The summed E-state index contributed by atoms with van der Waals surface area (Å²) in [5.41, 5.74) is 0.863. The van der Waals surface area contributed by atoms with Gasteiger partial charge in [-0.3, -0.25) is 5.10 Å². The Balaban J connectivity index is 1.99. The SMILES string of the molecule is Cc1nc(SCc2ccnc(Cl)n2)n[nH]1. The van der Waals surface area contributed by atoms with E-state index < -0.39 is 0 Å². The molecule has 2 rings (SSSR count). The van der Waals surface area contributed by atoms with Gasteiger partial charge in [0.2, 0.25) is 10.4 Å². The third-order valence-corrected chi connectivity index (χ3v) is 2.67. The molecule has 7 heteroatoms. The Kier molecular flexibility index (Phi) is 3.17. The molecular formula is C8H8ClN5S. The maximum atomic E-state index is 5.66. The van der Waals surface area contributed by atoms with Crippen molar-refractivity contribution in [2.75, 3.05) is 0 Å². The normalized spacial score (nSPS) is 10.5. The van der Waals surface area contributed by atoms with Crippen LogP contribution in [0.4, 0.5) is 0 Å². The monoisotopic (exact) mass is 241 g/mol. The fourth-order valence-electron chi connectivity index (χ4n) is 0.975. The van der Waals surface area contributed by atoms with Crippen LogP contribution >= 0.6 is 23.4 Å². The summed E-state index contributed by atoms with van der Waals surface area (Å²) in [5.74, 6) is 1.48. The first kappa shape index (κ1) is 10.4. The van der Waals surface area contributed by atoms with E-state index in [0.29, 0.717) is 10.9 Å². The van der Waals surface area contributed by atoms with Gasteiger partial charge in [-0.05, 0) is 24.6 Å². The van der Waals surface area contributed by atoms with Crippen molar-refractivity contribution < 1.29 is 0 Å². The van der Waals surface area contributed by atoms with Crippen LogP contribution in [0.2, 0.25) is 5.28 Å². The summed E-state index contributed by atoms with van der Waals surface area (Å²) >= 11 is 7.16. The molecule has 0 atom stereocenters. The topological polar surface area (TPSA) is 67.3 Å². The number of rotatable bonds is 3. The van der Waals surface area contributed by atoms with Crippen molar-refractivity contribution >= 4 is 23.4 Å². The predicted octanol–water partition coefficient (Wildman–Crippen LogP) is 1.85. The molecule has 0 aliphatic rings. The smallest absolute Gasteiger partial charge is 0.222 e. The van der Waals surface area contributed by atoms with Gasteiger partial charge in [-0.1, -0.05) is 11.8 Å². The minimum Gasteiger partial charge on any atom is -0.262 e. The fraction of sp³-hybridized carbons (Fsp3) is 0.250. The molecule has 0 saturated carbocycles. The highest BCUT2D eigenvalue weighted by Gasteiger charge is 2.02. The van der Waals surface area contributed by atoms with Crippen molar-refractivity contribution in [1.82, 2.24) is 25.1 Å². The number of hydrogen-bond donors (Lipinski definition) is 1. The molecule has 2 heterocycles. The Hall–Kier alpha value is -1.14. The van der Waals surface area contributed by atoms with Crippen LogP contribution in [-0.2, 0) is 5.75 Å². The Morgan fingerprint density at radius 3 is 3.00 bits per heavy atom. The van der Waals surface area contributed by atoms with Gasteiger partial charge < -0.3 is 0 Å². The van der Waals surface area contributed by atoms with Crippen LogP contribution in [0.15, 0.2) is 17.4 Å². The highest BCUT2D eigenvalue weighted by Crippen LogP contribution is 2.17. The first-order chi connectivity index (χ1) is 7.24. The lowest BCUT2D eigenvalue weighted by Crippen LogP contribution is -1.89. The van der Waals surface area contributed by atoms with Crippen LogP contribution in [0.3, 0.4) is 0 Å². The predicted molar refractivity (Wildman–Crippen MR) is 57.7 cm³/mol. The Bertz CT molecular complexity index is 458. The number of H-pyrrole nitrogens is 1. The number of thioether (sulfide) groups is 1. The molecule has 0 saturated heterocycles. The van der Waals surface area contributed by atoms with Crippen LogP contribution in [0.5, 0.6) is 0 Å². The maximum Gasteiger partial charge on any atom is 0.222 e. The fourth-order valence-corrected chi connectivity index (χ4v) is 1.89. The number of nitrogens with one attached hydrogen (secondary N) is 1. The average Bonchev–Trinajstić information content (AvgIpc) is 2.62. The van der Waals surface area contributed by atoms with E-state index in [-0.39, 0.29) is 5.28 Å². The molecule has 5 nitrogen and oxygen atoms in total. The van der Waals surface area contributed by atoms with Crippen molar-refractivity contribution in [2.24, 2.45) is 0 Å². The molecule has 15 heavy (non-hydrogen) atoms. The molecule has 0 spiro atoms. The van der Waals surface area contributed by atoms with Crippen molar-refractivity contribution in [1.29, 1.82) is 0 Å². The lowest BCUT2D eigenvalue weighted by molar-refractivity contribution is 0.967. The van der Waals surface area contributed by atoms with E-state index in [1.165, 1.54) is 11.8 Å². The quantitative estimate of drug-likeness (QED) is 0.656. The molecular weight excluding hydrogens is 234 g/mol. The number of aromatic nitrogens is 5. The lowest BCUT2D eigenvalue weighted by Gasteiger charge is -1.96. The molecule has 78 valence electrons. The molecule has 0 bridgehead atoms. The zero-order valence-corrected chi connectivity index (χ0v) is 9.51. The van der Waals surface area contributed by atoms with Gasteiger partial charge >= 0.3 is 0 Å². The van der Waals surface area contributed by atoms with Crippen LogP contribution in [0.1, 0.15) is 11.5 Å². The summed E-state index contributed by atoms with van der Waals surface area (Å²) in [6.45, 7) is 1.86. The second kappa shape index (κ2) is 4.59. The van der Waals surface area contributed by atoms with E-state index in [0.717, 1.165) is 11.5 Å². The summed E-state index contributed by atoms with van der Waals surface area (Å²) in [6, 6.07) is 1.82. The Morgan fingerprint density at radius 2 is 2.33 bits per heavy atom. The molecule has 2 aromatic heterocycles. The lowest BCUT2D eigenvalue weighted by atomic mass is 10.5. The molecule has 2 aromatic rings. The van der Waals surface area contributed by atoms with Crippen LogP contribution in [0.25, 0.3) is 0 Å². The van der Waals surface area contributed by atoms with Crippen molar-refractivity contribution in [3.63, 3.8) is 0 Å². The van der Waals surface area contributed by atoms with Gasteiger partial charge in [-0.2, -0.15) is 0 Å². The second-order valence-electron chi connectivity index (χ2n) is 2.81. The highest BCUT2D eigenvalue weighted by molar-refractivity contribution is 7.98. The maximum absolute atomic E-state index is 5.66. The van der Waals surface area contributed by atoms with Gasteiger partial charge in [-0.25, -0.2) is 15.0 Å². The summed E-state index contributed by atoms with van der Waals surface area (Å²) < 4.78 is 0. The average molecular weight is 242 g/mol. The van der Waals surface area contributed by atoms with Gasteiger partial charge in [0.15, 0.2) is 0 Å². The van der Waals surface area contributed by atoms with Gasteiger partial charge in [0.25, 0.3) is 0 Å². The first-order valence-corrected chi connectivity index (χ1v) is 5.59. The number of nitrogens with zero attached hydrogens (tertiary/aromatic N) is 4. The van der Waals surface area contributed by atoms with Crippen molar-refractivity contribution in [3.8, 4) is 0 Å². The van der Waals surface area contributed by atoms with E-state index in [2.05, 4.69) is 25.1 Å². The molecule has 0 amide bonds. The number of hydrogen-bond acceptors (Lipinski definition) is 5. The third-order valence-electron chi connectivity index (χ3n) is 1.61. The zero-order valence-electron chi connectivity index (χ0n) is 7.94. The van der Waals surface area contributed by atoms with E-state index in [4.69, 9.17) is 11.6 Å². The molecule has 0 radical (unpaired) electrons. The van der Waals surface area contributed by atoms with Crippen LogP contribution in [0, 0.1) is 6.92 Å². The number of halogens is 1. The summed E-state index contributed by atoms with van der Waals surface area (Å²) in [6.07, 6.45) is 1.63. The van der Waals surface area contributed by atoms with Crippen LogP contribution < -0.4 is 0 Å². The van der Waals surface area contributed by atoms with Crippen molar-refractivity contribution in [3.05, 3.63) is 29.1 Å². The minimum atomic E-state index is 0.263. The van der Waals surface area contributed by atoms with Gasteiger partial charge in [0.05, 0.1) is 5.69 Å². The van der Waals surface area contributed by atoms with Gasteiger partial charge in [0, 0.05) is 11.9 Å². The molecule has 0 aromatic carbocycles. The minimum absolute atomic E-state index is 0.263. The van der Waals surface area contributed by atoms with E-state index in [1.807, 2.05) is 13.0 Å². The number of aryl methyl sites for hydroxylation is 1. The van der Waals surface area contributed by atoms with E-state index >= 15 is 0 Å². The standard InChI is InChI=1S/C8H8ClN5S/c1-5-11-8(14-13-5)15-4-6-2-3-10-7(9)12-6/h2-3H,4H2,1H3,(H,11,13,14). The van der Waals surface area contributed by atoms with Crippen molar-refractivity contribution in [2.45, 2.75) is 17.8 Å². The molecule has 0 aliphatic carbocycles. The molecule has 0 fully saturated rings. The van der Waals surface area contributed by atoms with Crippen LogP contribution in [-0.4, -0.2) is 25.1 Å². The molecule has 0 unspecified atom stereocenters.